The summed E-state index contributed by atoms with van der Waals surface area (Å²) in [6.45, 7) is 3.92. The number of benzene rings is 1. The normalized spacial score (nSPS) is 27.2. The van der Waals surface area contributed by atoms with Crippen molar-refractivity contribution in [3.05, 3.63) is 35.9 Å². The highest BCUT2D eigenvalue weighted by Crippen LogP contribution is 2.47. The SMILES string of the molecule is CC(C)NC(=O)C12CCC(CC1)N2C(=O)c1ccccc1. The molecule has 3 rings (SSSR count). The maximum atomic E-state index is 12.8. The first kappa shape index (κ1) is 14.1. The molecule has 1 aromatic rings. The van der Waals surface area contributed by atoms with E-state index in [0.717, 1.165) is 25.7 Å². The van der Waals surface area contributed by atoms with E-state index >= 15 is 0 Å². The number of amides is 2. The van der Waals surface area contributed by atoms with Gasteiger partial charge in [0.1, 0.15) is 5.54 Å². The summed E-state index contributed by atoms with van der Waals surface area (Å²) in [6.07, 6.45) is 3.44. The number of hydrogen-bond acceptors (Lipinski definition) is 2. The molecule has 2 bridgehead atoms. The zero-order valence-corrected chi connectivity index (χ0v) is 12.6. The highest BCUT2D eigenvalue weighted by Gasteiger charge is 2.58. The molecule has 2 heterocycles. The Hall–Kier alpha value is -1.84. The van der Waals surface area contributed by atoms with Crippen molar-refractivity contribution in [2.75, 3.05) is 0 Å². The van der Waals surface area contributed by atoms with Crippen molar-refractivity contribution in [3.63, 3.8) is 0 Å². The topological polar surface area (TPSA) is 49.4 Å². The Morgan fingerprint density at radius 3 is 2.38 bits per heavy atom. The maximum Gasteiger partial charge on any atom is 0.254 e. The summed E-state index contributed by atoms with van der Waals surface area (Å²) in [6, 6.07) is 9.60. The van der Waals surface area contributed by atoms with Gasteiger partial charge in [-0.2, -0.15) is 0 Å². The Morgan fingerprint density at radius 2 is 1.81 bits per heavy atom. The molecule has 0 aliphatic carbocycles. The fourth-order valence-electron chi connectivity index (χ4n) is 3.74. The molecule has 0 atom stereocenters. The van der Waals surface area contributed by atoms with Gasteiger partial charge in [-0.05, 0) is 51.7 Å². The van der Waals surface area contributed by atoms with Crippen LogP contribution < -0.4 is 5.32 Å². The van der Waals surface area contributed by atoms with E-state index in [-0.39, 0.29) is 23.9 Å². The fourth-order valence-corrected chi connectivity index (χ4v) is 3.74. The Kier molecular flexibility index (Phi) is 3.47. The minimum Gasteiger partial charge on any atom is -0.352 e. The third-order valence-electron chi connectivity index (χ3n) is 4.69. The lowest BCUT2D eigenvalue weighted by Gasteiger charge is -2.34. The van der Waals surface area contributed by atoms with Crippen LogP contribution in [0.4, 0.5) is 0 Å². The number of nitrogens with one attached hydrogen (secondary N) is 1. The molecule has 2 aliphatic rings. The lowest BCUT2D eigenvalue weighted by Crippen LogP contribution is -2.56. The monoisotopic (exact) mass is 286 g/mol. The summed E-state index contributed by atoms with van der Waals surface area (Å²) in [7, 11) is 0. The van der Waals surface area contributed by atoms with Gasteiger partial charge < -0.3 is 10.2 Å². The summed E-state index contributed by atoms with van der Waals surface area (Å²) in [5.41, 5.74) is 0.0509. The number of carbonyl (C=O) groups excluding carboxylic acids is 2. The van der Waals surface area contributed by atoms with E-state index in [1.807, 2.05) is 49.1 Å². The first-order valence-corrected chi connectivity index (χ1v) is 7.74. The van der Waals surface area contributed by atoms with Gasteiger partial charge in [0.05, 0.1) is 0 Å². The van der Waals surface area contributed by atoms with Gasteiger partial charge in [0, 0.05) is 17.6 Å². The molecule has 21 heavy (non-hydrogen) atoms. The van der Waals surface area contributed by atoms with Crippen LogP contribution >= 0.6 is 0 Å². The molecule has 2 fully saturated rings. The fraction of sp³-hybridized carbons (Fsp3) is 0.529. The number of fused-ring (bicyclic) bond motifs is 2. The van der Waals surface area contributed by atoms with Crippen LogP contribution in [0.15, 0.2) is 30.3 Å². The molecule has 1 aromatic carbocycles. The van der Waals surface area contributed by atoms with E-state index in [9.17, 15) is 9.59 Å². The minimum absolute atomic E-state index is 0.00509. The van der Waals surface area contributed by atoms with E-state index in [1.54, 1.807) is 0 Å². The molecule has 112 valence electrons. The second-order valence-corrected chi connectivity index (χ2v) is 6.43. The summed E-state index contributed by atoms with van der Waals surface area (Å²) in [4.78, 5) is 27.4. The van der Waals surface area contributed by atoms with Crippen molar-refractivity contribution in [1.82, 2.24) is 10.2 Å². The zero-order chi connectivity index (χ0) is 15.0. The second-order valence-electron chi connectivity index (χ2n) is 6.43. The average molecular weight is 286 g/mol. The van der Waals surface area contributed by atoms with E-state index in [2.05, 4.69) is 5.32 Å². The molecule has 0 spiro atoms. The lowest BCUT2D eigenvalue weighted by molar-refractivity contribution is -0.130. The average Bonchev–Trinajstić information content (AvgIpc) is 3.03. The van der Waals surface area contributed by atoms with Gasteiger partial charge in [0.15, 0.2) is 0 Å². The molecule has 0 radical (unpaired) electrons. The van der Waals surface area contributed by atoms with Crippen molar-refractivity contribution < 1.29 is 9.59 Å². The van der Waals surface area contributed by atoms with E-state index < -0.39 is 5.54 Å². The first-order chi connectivity index (χ1) is 10.0. The van der Waals surface area contributed by atoms with Gasteiger partial charge in [-0.15, -0.1) is 0 Å². The summed E-state index contributed by atoms with van der Waals surface area (Å²) in [5.74, 6) is 0.0105. The van der Waals surface area contributed by atoms with Crippen molar-refractivity contribution in [3.8, 4) is 0 Å². The maximum absolute atomic E-state index is 12.8. The highest BCUT2D eigenvalue weighted by molar-refractivity contribution is 6.00. The van der Waals surface area contributed by atoms with Gasteiger partial charge in [0.25, 0.3) is 5.91 Å². The number of hydrogen-bond donors (Lipinski definition) is 1. The molecule has 0 aromatic heterocycles. The van der Waals surface area contributed by atoms with Crippen molar-refractivity contribution in [2.45, 2.75) is 57.2 Å². The molecular weight excluding hydrogens is 264 g/mol. The molecule has 2 amide bonds. The van der Waals surface area contributed by atoms with Gasteiger partial charge >= 0.3 is 0 Å². The quantitative estimate of drug-likeness (QED) is 0.927. The Labute approximate surface area is 125 Å². The van der Waals surface area contributed by atoms with Crippen LogP contribution in [0, 0.1) is 0 Å². The van der Waals surface area contributed by atoms with Crippen LogP contribution in [-0.2, 0) is 4.79 Å². The Balaban J connectivity index is 1.90. The van der Waals surface area contributed by atoms with Crippen LogP contribution in [0.1, 0.15) is 49.9 Å². The molecule has 1 N–H and O–H groups in total. The van der Waals surface area contributed by atoms with Crippen molar-refractivity contribution >= 4 is 11.8 Å². The summed E-state index contributed by atoms with van der Waals surface area (Å²) < 4.78 is 0. The van der Waals surface area contributed by atoms with Gasteiger partial charge in [-0.3, -0.25) is 9.59 Å². The van der Waals surface area contributed by atoms with Gasteiger partial charge in [-0.1, -0.05) is 18.2 Å². The van der Waals surface area contributed by atoms with Crippen LogP contribution in [-0.4, -0.2) is 34.3 Å². The smallest absolute Gasteiger partial charge is 0.254 e. The van der Waals surface area contributed by atoms with E-state index in [4.69, 9.17) is 0 Å². The number of carbonyl (C=O) groups is 2. The number of rotatable bonds is 3. The van der Waals surface area contributed by atoms with E-state index in [0.29, 0.717) is 5.56 Å². The predicted octanol–water partition coefficient (Wildman–Crippen LogP) is 2.35. The molecule has 2 saturated heterocycles. The highest BCUT2D eigenvalue weighted by atomic mass is 16.2. The van der Waals surface area contributed by atoms with Crippen LogP contribution in [0.2, 0.25) is 0 Å². The Morgan fingerprint density at radius 1 is 1.19 bits per heavy atom. The summed E-state index contributed by atoms with van der Waals surface area (Å²) >= 11 is 0. The summed E-state index contributed by atoms with van der Waals surface area (Å²) in [5, 5.41) is 3.01. The first-order valence-electron chi connectivity index (χ1n) is 7.74. The van der Waals surface area contributed by atoms with Crippen LogP contribution in [0.5, 0.6) is 0 Å². The third kappa shape index (κ3) is 2.23. The molecule has 4 heteroatoms. The van der Waals surface area contributed by atoms with Crippen molar-refractivity contribution in [2.24, 2.45) is 0 Å². The molecule has 2 aliphatic heterocycles. The standard InChI is InChI=1S/C17H22N2O2/c1-12(2)18-16(21)17-10-8-14(9-11-17)19(17)15(20)13-6-4-3-5-7-13/h3-7,12,14H,8-11H2,1-2H3,(H,18,21). The molecule has 0 saturated carbocycles. The van der Waals surface area contributed by atoms with E-state index in [1.165, 1.54) is 0 Å². The lowest BCUT2D eigenvalue weighted by atomic mass is 9.86. The van der Waals surface area contributed by atoms with Crippen LogP contribution in [0.3, 0.4) is 0 Å². The minimum atomic E-state index is -0.623. The van der Waals surface area contributed by atoms with Crippen LogP contribution in [0.25, 0.3) is 0 Å². The second kappa shape index (κ2) is 5.17. The zero-order valence-electron chi connectivity index (χ0n) is 12.6. The van der Waals surface area contributed by atoms with Crippen molar-refractivity contribution in [1.29, 1.82) is 0 Å². The Bertz CT molecular complexity index is 545. The van der Waals surface area contributed by atoms with Gasteiger partial charge in [-0.25, -0.2) is 0 Å². The predicted molar refractivity (Wildman–Crippen MR) is 80.9 cm³/mol. The molecular formula is C17H22N2O2. The molecule has 0 unspecified atom stereocenters. The van der Waals surface area contributed by atoms with Gasteiger partial charge in [0.2, 0.25) is 5.91 Å². The largest absolute Gasteiger partial charge is 0.352 e. The number of nitrogens with zero attached hydrogens (tertiary/aromatic N) is 1. The third-order valence-corrected chi connectivity index (χ3v) is 4.69. The molecule has 4 nitrogen and oxygen atoms in total.